The van der Waals surface area contributed by atoms with E-state index < -0.39 is 29.3 Å². The second-order valence-electron chi connectivity index (χ2n) is 8.60. The molecule has 37 heavy (non-hydrogen) atoms. The second-order valence-corrected chi connectivity index (χ2v) is 8.60. The Bertz CT molecular complexity index is 1280. The van der Waals surface area contributed by atoms with Gasteiger partial charge in [0.15, 0.2) is 5.60 Å². The third kappa shape index (κ3) is 5.98. The summed E-state index contributed by atoms with van der Waals surface area (Å²) in [5, 5.41) is 10.4. The van der Waals surface area contributed by atoms with Crippen LogP contribution in [-0.2, 0) is 21.6 Å². The third-order valence-corrected chi connectivity index (χ3v) is 5.89. The van der Waals surface area contributed by atoms with E-state index >= 15 is 0 Å². The molecule has 0 amide bonds. The molecule has 3 aromatic carbocycles. The van der Waals surface area contributed by atoms with Gasteiger partial charge in [0.25, 0.3) is 0 Å². The Balaban J connectivity index is 1.87. The average Bonchev–Trinajstić information content (AvgIpc) is 2.87. The highest BCUT2D eigenvalue weighted by molar-refractivity contribution is 5.76. The molecule has 1 atom stereocenters. The quantitative estimate of drug-likeness (QED) is 0.311. The van der Waals surface area contributed by atoms with Crippen molar-refractivity contribution in [3.8, 4) is 6.01 Å². The number of aliphatic carboxylic acids is 1. The van der Waals surface area contributed by atoms with Gasteiger partial charge in [-0.3, -0.25) is 0 Å². The number of carboxylic acid groups (broad SMARTS) is 1. The minimum Gasteiger partial charge on any atom is -0.478 e. The second kappa shape index (κ2) is 11.3. The summed E-state index contributed by atoms with van der Waals surface area (Å²) in [5.41, 5.74) is 0.968. The zero-order valence-electron chi connectivity index (χ0n) is 20.4. The molecule has 4 aromatic rings. The molecule has 0 unspecified atom stereocenters. The number of hydrogen-bond donors (Lipinski definition) is 1. The third-order valence-electron chi connectivity index (χ3n) is 5.89. The molecule has 0 spiro atoms. The predicted octanol–water partition coefficient (Wildman–Crippen LogP) is 5.41. The molecule has 4 rings (SSSR count). The van der Waals surface area contributed by atoms with Crippen LogP contribution in [0.15, 0.2) is 84.9 Å². The van der Waals surface area contributed by atoms with Crippen LogP contribution in [0.3, 0.4) is 0 Å². The number of aryl methyl sites for hydroxylation is 2. The van der Waals surface area contributed by atoms with Crippen molar-refractivity contribution in [3.63, 3.8) is 0 Å². The number of carbonyl (C=O) groups is 1. The maximum Gasteiger partial charge on any atom is 0.348 e. The Hall–Kier alpha value is -4.17. The first kappa shape index (κ1) is 25.9. The van der Waals surface area contributed by atoms with Crippen LogP contribution >= 0.6 is 0 Å². The molecule has 6 nitrogen and oxygen atoms in total. The highest BCUT2D eigenvalue weighted by Crippen LogP contribution is 2.39. The molecule has 0 aliphatic heterocycles. The molecule has 1 aromatic heterocycles. The molecule has 8 heteroatoms. The summed E-state index contributed by atoms with van der Waals surface area (Å²) in [5.74, 6) is -2.38. The zero-order valence-corrected chi connectivity index (χ0v) is 20.4. The van der Waals surface area contributed by atoms with Crippen LogP contribution in [0.4, 0.5) is 8.78 Å². The summed E-state index contributed by atoms with van der Waals surface area (Å²) < 4.78 is 40.3. The summed E-state index contributed by atoms with van der Waals surface area (Å²) in [4.78, 5) is 21.3. The van der Waals surface area contributed by atoms with Gasteiger partial charge in [0, 0.05) is 11.4 Å². The lowest BCUT2D eigenvalue weighted by atomic mass is 9.80. The Morgan fingerprint density at radius 3 is 1.86 bits per heavy atom. The number of halogens is 2. The molecule has 0 fully saturated rings. The smallest absolute Gasteiger partial charge is 0.348 e. The molecule has 0 aliphatic carbocycles. The maximum atomic E-state index is 13.9. The largest absolute Gasteiger partial charge is 0.478 e. The number of aromatic nitrogens is 2. The molecule has 0 saturated heterocycles. The lowest BCUT2D eigenvalue weighted by Crippen LogP contribution is -2.51. The van der Waals surface area contributed by atoms with E-state index in [2.05, 4.69) is 9.97 Å². The van der Waals surface area contributed by atoms with Gasteiger partial charge in [-0.25, -0.2) is 23.5 Å². The van der Waals surface area contributed by atoms with Crippen molar-refractivity contribution in [1.29, 1.82) is 0 Å². The fraction of sp³-hybridized carbons (Fsp3) is 0.207. The van der Waals surface area contributed by atoms with E-state index in [0.717, 1.165) is 5.56 Å². The van der Waals surface area contributed by atoms with Crippen LogP contribution in [0.1, 0.15) is 28.1 Å². The van der Waals surface area contributed by atoms with E-state index in [0.29, 0.717) is 28.9 Å². The van der Waals surface area contributed by atoms with Crippen LogP contribution in [0.2, 0.25) is 0 Å². The standard InChI is InChI=1S/C29H26F2N2O4/c1-19-18-20(2)33-28(32-19)37-26(27(34)35)29(22-8-12-24(30)13-9-22,23-10-14-25(31)15-11-23)36-17-16-21-6-4-3-5-7-21/h3-15,18,26H,16-17H2,1-2H3,(H,34,35)/t26-/m1/s1. The van der Waals surface area contributed by atoms with E-state index in [1.165, 1.54) is 48.5 Å². The van der Waals surface area contributed by atoms with Gasteiger partial charge in [0.2, 0.25) is 6.10 Å². The zero-order chi connectivity index (χ0) is 26.4. The van der Waals surface area contributed by atoms with Crippen molar-refractivity contribution in [2.24, 2.45) is 0 Å². The highest BCUT2D eigenvalue weighted by Gasteiger charge is 2.50. The summed E-state index contributed by atoms with van der Waals surface area (Å²) in [7, 11) is 0. The lowest BCUT2D eigenvalue weighted by molar-refractivity contribution is -0.164. The van der Waals surface area contributed by atoms with Crippen molar-refractivity contribution in [1.82, 2.24) is 9.97 Å². The Kier molecular flexibility index (Phi) is 7.89. The first-order valence-corrected chi connectivity index (χ1v) is 11.7. The molecule has 0 aliphatic rings. The Labute approximate surface area is 213 Å². The minimum atomic E-state index is -1.80. The normalized spacial score (nSPS) is 12.2. The number of nitrogens with zero attached hydrogens (tertiary/aromatic N) is 2. The fourth-order valence-corrected chi connectivity index (χ4v) is 4.24. The van der Waals surface area contributed by atoms with Gasteiger partial charge in [-0.05, 0) is 67.3 Å². The van der Waals surface area contributed by atoms with Crippen LogP contribution in [-0.4, -0.2) is 33.8 Å². The maximum absolute atomic E-state index is 13.9. The van der Waals surface area contributed by atoms with Gasteiger partial charge < -0.3 is 14.6 Å². The van der Waals surface area contributed by atoms with Gasteiger partial charge >= 0.3 is 12.0 Å². The highest BCUT2D eigenvalue weighted by atomic mass is 19.1. The first-order chi connectivity index (χ1) is 17.8. The van der Waals surface area contributed by atoms with E-state index in [4.69, 9.17) is 9.47 Å². The van der Waals surface area contributed by atoms with E-state index in [1.807, 2.05) is 30.3 Å². The molecular weight excluding hydrogens is 478 g/mol. The van der Waals surface area contributed by atoms with Gasteiger partial charge in [-0.15, -0.1) is 0 Å². The summed E-state index contributed by atoms with van der Waals surface area (Å²) in [6, 6.07) is 21.7. The van der Waals surface area contributed by atoms with E-state index in [-0.39, 0.29) is 12.6 Å². The van der Waals surface area contributed by atoms with Gasteiger partial charge in [-0.1, -0.05) is 54.6 Å². The summed E-state index contributed by atoms with van der Waals surface area (Å²) >= 11 is 0. The number of rotatable bonds is 10. The van der Waals surface area contributed by atoms with Crippen molar-refractivity contribution < 1.29 is 28.2 Å². The number of ether oxygens (including phenoxy) is 2. The van der Waals surface area contributed by atoms with Crippen molar-refractivity contribution in [3.05, 3.63) is 125 Å². The molecule has 190 valence electrons. The Morgan fingerprint density at radius 2 is 1.38 bits per heavy atom. The van der Waals surface area contributed by atoms with Gasteiger partial charge in [-0.2, -0.15) is 0 Å². The first-order valence-electron chi connectivity index (χ1n) is 11.7. The monoisotopic (exact) mass is 504 g/mol. The number of benzene rings is 3. The van der Waals surface area contributed by atoms with Crippen LogP contribution in [0.5, 0.6) is 6.01 Å². The number of hydrogen-bond acceptors (Lipinski definition) is 5. The van der Waals surface area contributed by atoms with Crippen molar-refractivity contribution >= 4 is 5.97 Å². The lowest BCUT2D eigenvalue weighted by Gasteiger charge is -2.39. The topological polar surface area (TPSA) is 81.5 Å². The van der Waals surface area contributed by atoms with Crippen molar-refractivity contribution in [2.45, 2.75) is 32.0 Å². The van der Waals surface area contributed by atoms with Crippen LogP contribution < -0.4 is 4.74 Å². The fourth-order valence-electron chi connectivity index (χ4n) is 4.24. The molecular formula is C29H26F2N2O4. The molecule has 0 saturated carbocycles. The molecule has 0 bridgehead atoms. The SMILES string of the molecule is Cc1cc(C)nc(O[C@H](C(=O)O)C(OCCc2ccccc2)(c2ccc(F)cc2)c2ccc(F)cc2)n1. The molecule has 1 N–H and O–H groups in total. The van der Waals surface area contributed by atoms with Gasteiger partial charge in [0.1, 0.15) is 11.6 Å². The van der Waals surface area contributed by atoms with Crippen molar-refractivity contribution in [2.75, 3.05) is 6.61 Å². The van der Waals surface area contributed by atoms with Crippen LogP contribution in [0.25, 0.3) is 0 Å². The molecule has 1 heterocycles. The summed E-state index contributed by atoms with van der Waals surface area (Å²) in [6.45, 7) is 3.56. The summed E-state index contributed by atoms with van der Waals surface area (Å²) in [6.07, 6.45) is -1.25. The van der Waals surface area contributed by atoms with Crippen LogP contribution in [0, 0.1) is 25.5 Å². The number of carboxylic acids is 1. The Morgan fingerprint density at radius 1 is 0.865 bits per heavy atom. The van der Waals surface area contributed by atoms with E-state index in [9.17, 15) is 18.7 Å². The molecule has 0 radical (unpaired) electrons. The van der Waals surface area contributed by atoms with Gasteiger partial charge in [0.05, 0.1) is 6.61 Å². The predicted molar refractivity (Wildman–Crippen MR) is 133 cm³/mol. The average molecular weight is 505 g/mol. The minimum absolute atomic E-state index is 0.0829. The van der Waals surface area contributed by atoms with E-state index in [1.54, 1.807) is 19.9 Å².